The molecule has 3 aromatic heterocycles. The molecular formula is C50H34N2O. The molecule has 3 nitrogen and oxygen atoms in total. The Labute approximate surface area is 307 Å². The van der Waals surface area contributed by atoms with Gasteiger partial charge in [-0.15, -0.1) is 0 Å². The molecule has 1 aliphatic rings. The first-order valence-corrected chi connectivity index (χ1v) is 18.3. The van der Waals surface area contributed by atoms with Crippen molar-refractivity contribution in [3.63, 3.8) is 0 Å². The number of para-hydroxylation sites is 2. The monoisotopic (exact) mass is 678 g/mol. The van der Waals surface area contributed by atoms with Gasteiger partial charge in [-0.25, -0.2) is 4.98 Å². The summed E-state index contributed by atoms with van der Waals surface area (Å²) in [4.78, 5) is 5.12. The lowest BCUT2D eigenvalue weighted by atomic mass is 9.82. The van der Waals surface area contributed by atoms with Gasteiger partial charge in [-0.05, 0) is 76.3 Å². The molecule has 0 atom stereocenters. The van der Waals surface area contributed by atoms with E-state index in [9.17, 15) is 0 Å². The van der Waals surface area contributed by atoms with Crippen molar-refractivity contribution in [3.05, 3.63) is 181 Å². The molecule has 0 N–H and O–H groups in total. The molecule has 53 heavy (non-hydrogen) atoms. The summed E-state index contributed by atoms with van der Waals surface area (Å²) in [6.45, 7) is 4.71. The zero-order chi connectivity index (χ0) is 35.3. The van der Waals surface area contributed by atoms with E-state index < -0.39 is 0 Å². The first-order valence-electron chi connectivity index (χ1n) is 18.3. The van der Waals surface area contributed by atoms with Gasteiger partial charge in [0.1, 0.15) is 11.2 Å². The van der Waals surface area contributed by atoms with Crippen LogP contribution in [0.1, 0.15) is 25.0 Å². The molecule has 11 rings (SSSR count). The number of nitrogens with zero attached hydrogens (tertiary/aromatic N) is 2. The maximum absolute atomic E-state index is 6.77. The third-order valence-electron chi connectivity index (χ3n) is 11.4. The van der Waals surface area contributed by atoms with E-state index in [2.05, 4.69) is 176 Å². The van der Waals surface area contributed by atoms with Crippen molar-refractivity contribution in [3.8, 4) is 50.5 Å². The predicted octanol–water partition coefficient (Wildman–Crippen LogP) is 13.4. The second-order valence-electron chi connectivity index (χ2n) is 14.8. The first kappa shape index (κ1) is 30.0. The van der Waals surface area contributed by atoms with Gasteiger partial charge < -0.3 is 8.98 Å². The molecule has 3 heterocycles. The van der Waals surface area contributed by atoms with Gasteiger partial charge >= 0.3 is 0 Å². The summed E-state index contributed by atoms with van der Waals surface area (Å²) < 4.78 is 9.21. The number of hydrogen-bond acceptors (Lipinski definition) is 2. The Morgan fingerprint density at radius 2 is 1.11 bits per heavy atom. The van der Waals surface area contributed by atoms with E-state index in [1.807, 2.05) is 12.1 Å². The van der Waals surface area contributed by atoms with Crippen LogP contribution in [-0.4, -0.2) is 9.55 Å². The quantitative estimate of drug-likeness (QED) is 0.185. The van der Waals surface area contributed by atoms with E-state index in [1.54, 1.807) is 0 Å². The lowest BCUT2D eigenvalue weighted by Crippen LogP contribution is -2.14. The largest absolute Gasteiger partial charge is 0.455 e. The van der Waals surface area contributed by atoms with Crippen molar-refractivity contribution in [1.82, 2.24) is 9.55 Å². The Morgan fingerprint density at radius 3 is 1.89 bits per heavy atom. The SMILES string of the molecule is CC1(C)c2ccccc2-c2cc3c4ccccc4n(-c4ccc5oc6c(-c7cc(-c8ccccc8)nc(-c8ccccc8)c7)cccc6c5c4)c3cc21. The highest BCUT2D eigenvalue weighted by Gasteiger charge is 2.36. The van der Waals surface area contributed by atoms with Crippen LogP contribution < -0.4 is 0 Å². The Morgan fingerprint density at radius 1 is 0.453 bits per heavy atom. The van der Waals surface area contributed by atoms with E-state index >= 15 is 0 Å². The van der Waals surface area contributed by atoms with Gasteiger partial charge in [-0.1, -0.05) is 135 Å². The third kappa shape index (κ3) is 4.44. The van der Waals surface area contributed by atoms with Crippen LogP contribution in [0.5, 0.6) is 0 Å². The van der Waals surface area contributed by atoms with Gasteiger partial charge in [0.05, 0.1) is 22.4 Å². The van der Waals surface area contributed by atoms with Gasteiger partial charge in [0, 0.05) is 49.3 Å². The van der Waals surface area contributed by atoms with Crippen LogP contribution in [0.25, 0.3) is 94.2 Å². The maximum Gasteiger partial charge on any atom is 0.143 e. The van der Waals surface area contributed by atoms with Crippen molar-refractivity contribution in [1.29, 1.82) is 0 Å². The highest BCUT2D eigenvalue weighted by molar-refractivity contribution is 6.13. The number of hydrogen-bond donors (Lipinski definition) is 0. The van der Waals surface area contributed by atoms with Crippen molar-refractivity contribution >= 4 is 43.7 Å². The van der Waals surface area contributed by atoms with E-state index in [0.29, 0.717) is 0 Å². The normalized spacial score (nSPS) is 13.2. The average Bonchev–Trinajstić information content (AvgIpc) is 3.82. The molecule has 0 saturated carbocycles. The summed E-state index contributed by atoms with van der Waals surface area (Å²) in [5, 5.41) is 4.72. The van der Waals surface area contributed by atoms with Crippen LogP contribution in [-0.2, 0) is 5.41 Å². The molecule has 0 saturated heterocycles. The van der Waals surface area contributed by atoms with Crippen molar-refractivity contribution in [2.45, 2.75) is 19.3 Å². The van der Waals surface area contributed by atoms with Crippen LogP contribution in [0, 0.1) is 0 Å². The van der Waals surface area contributed by atoms with Crippen molar-refractivity contribution < 1.29 is 4.42 Å². The summed E-state index contributed by atoms with van der Waals surface area (Å²) >= 11 is 0. The molecule has 0 aliphatic heterocycles. The number of fused-ring (bicyclic) bond motifs is 9. The molecule has 7 aromatic carbocycles. The fourth-order valence-electron chi connectivity index (χ4n) is 8.79. The lowest BCUT2D eigenvalue weighted by Gasteiger charge is -2.21. The Kier molecular flexibility index (Phi) is 6.30. The zero-order valence-corrected chi connectivity index (χ0v) is 29.5. The molecule has 1 aliphatic carbocycles. The van der Waals surface area contributed by atoms with Gasteiger partial charge in [0.25, 0.3) is 0 Å². The van der Waals surface area contributed by atoms with Crippen LogP contribution >= 0.6 is 0 Å². The molecule has 0 amide bonds. The number of benzene rings is 7. The molecule has 0 spiro atoms. The summed E-state index contributed by atoms with van der Waals surface area (Å²) in [7, 11) is 0. The van der Waals surface area contributed by atoms with Crippen LogP contribution in [0.4, 0.5) is 0 Å². The fourth-order valence-corrected chi connectivity index (χ4v) is 8.79. The highest BCUT2D eigenvalue weighted by atomic mass is 16.3. The van der Waals surface area contributed by atoms with Gasteiger partial charge in [-0.3, -0.25) is 0 Å². The molecule has 0 fully saturated rings. The highest BCUT2D eigenvalue weighted by Crippen LogP contribution is 2.51. The molecule has 250 valence electrons. The summed E-state index contributed by atoms with van der Waals surface area (Å²) in [6, 6.07) is 60.9. The van der Waals surface area contributed by atoms with Gasteiger partial charge in [-0.2, -0.15) is 0 Å². The molecule has 0 unspecified atom stereocenters. The minimum atomic E-state index is -0.0871. The van der Waals surface area contributed by atoms with Crippen LogP contribution in [0.3, 0.4) is 0 Å². The topological polar surface area (TPSA) is 31.0 Å². The van der Waals surface area contributed by atoms with Crippen molar-refractivity contribution in [2.75, 3.05) is 0 Å². The minimum absolute atomic E-state index is 0.0871. The zero-order valence-electron chi connectivity index (χ0n) is 29.5. The van der Waals surface area contributed by atoms with Crippen LogP contribution in [0.2, 0.25) is 0 Å². The first-order chi connectivity index (χ1) is 26.0. The number of pyridine rings is 1. The molecule has 10 aromatic rings. The second kappa shape index (κ2) is 11.1. The van der Waals surface area contributed by atoms with Crippen molar-refractivity contribution in [2.24, 2.45) is 0 Å². The average molecular weight is 679 g/mol. The summed E-state index contributed by atoms with van der Waals surface area (Å²) in [5.74, 6) is 0. The maximum atomic E-state index is 6.77. The number of rotatable bonds is 4. The smallest absolute Gasteiger partial charge is 0.143 e. The number of furan rings is 1. The number of aromatic nitrogens is 2. The lowest BCUT2D eigenvalue weighted by molar-refractivity contribution is 0.661. The molecule has 0 radical (unpaired) electrons. The summed E-state index contributed by atoms with van der Waals surface area (Å²) in [6.07, 6.45) is 0. The summed E-state index contributed by atoms with van der Waals surface area (Å²) in [5.41, 5.74) is 16.8. The Bertz CT molecular complexity index is 3020. The van der Waals surface area contributed by atoms with E-state index in [-0.39, 0.29) is 5.41 Å². The second-order valence-corrected chi connectivity index (χ2v) is 14.8. The molecule has 0 bridgehead atoms. The predicted molar refractivity (Wildman–Crippen MR) is 220 cm³/mol. The van der Waals surface area contributed by atoms with Crippen LogP contribution in [0.15, 0.2) is 174 Å². The Hall–Kier alpha value is -6.71. The van der Waals surface area contributed by atoms with Gasteiger partial charge in [0.15, 0.2) is 0 Å². The third-order valence-corrected chi connectivity index (χ3v) is 11.4. The minimum Gasteiger partial charge on any atom is -0.455 e. The fraction of sp³-hybridized carbons (Fsp3) is 0.0600. The Balaban J connectivity index is 1.12. The molecule has 3 heteroatoms. The van der Waals surface area contributed by atoms with Gasteiger partial charge in [0.2, 0.25) is 0 Å². The standard InChI is InChI=1S/C50H34N2O/c1-50(2)42-22-11-9-18-36(42)39-29-40-37-19-10-12-23-46(37)52(47(40)30-43(39)50)34-24-25-48-41(28-34)38-21-13-20-35(49(38)53-48)33-26-44(31-14-5-3-6-15-31)51-45(27-33)32-16-7-4-8-17-32/h3-30H,1-2H3. The molecular weight excluding hydrogens is 645 g/mol. The van der Waals surface area contributed by atoms with E-state index in [1.165, 1.54) is 44.1 Å². The van der Waals surface area contributed by atoms with E-state index in [0.717, 1.165) is 61.3 Å². The van der Waals surface area contributed by atoms with E-state index in [4.69, 9.17) is 9.40 Å².